The third kappa shape index (κ3) is 2.98. The molecule has 1 atom stereocenters. The van der Waals surface area contributed by atoms with Crippen LogP contribution in [0.4, 0.5) is 0 Å². The first kappa shape index (κ1) is 16.4. The lowest BCUT2D eigenvalue weighted by Gasteiger charge is -2.28. The number of aromatic nitrogens is 2. The van der Waals surface area contributed by atoms with Gasteiger partial charge in [-0.3, -0.25) is 0 Å². The second-order valence-electron chi connectivity index (χ2n) is 8.49. The Labute approximate surface area is 129 Å². The van der Waals surface area contributed by atoms with Gasteiger partial charge >= 0.3 is 0 Å². The molecule has 0 spiro atoms. The van der Waals surface area contributed by atoms with Gasteiger partial charge in [-0.15, -0.1) is 0 Å². The summed E-state index contributed by atoms with van der Waals surface area (Å²) in [5.74, 6) is 0.930. The lowest BCUT2D eigenvalue weighted by atomic mass is 9.84. The predicted octanol–water partition coefficient (Wildman–Crippen LogP) is 4.62. The molecule has 0 aromatic carbocycles. The smallest absolute Gasteiger partial charge is 0.134 e. The molecular weight excluding hydrogens is 260 g/mol. The Hall–Kier alpha value is -0.960. The highest BCUT2D eigenvalue weighted by atomic mass is 16.5. The van der Waals surface area contributed by atoms with E-state index in [1.165, 1.54) is 5.56 Å². The topological polar surface area (TPSA) is 35.0 Å². The Kier molecular flexibility index (Phi) is 3.94. The van der Waals surface area contributed by atoms with Crippen LogP contribution >= 0.6 is 0 Å². The maximum absolute atomic E-state index is 6.15. The zero-order chi connectivity index (χ0) is 16.1. The number of hydrogen-bond donors (Lipinski definition) is 0. The standard InChI is InChI=1S/C18H30N2O/c1-9-10-18(8)14-12(11-21-18)13(16(2,3)4)19-15(20-14)17(5,6)7/h9-11H2,1-8H3. The lowest BCUT2D eigenvalue weighted by molar-refractivity contribution is -0.0324. The molecule has 0 saturated heterocycles. The van der Waals surface area contributed by atoms with Gasteiger partial charge in [0.1, 0.15) is 11.4 Å². The monoisotopic (exact) mass is 290 g/mol. The van der Waals surface area contributed by atoms with Crippen molar-refractivity contribution in [3.05, 3.63) is 22.8 Å². The fraction of sp³-hybridized carbons (Fsp3) is 0.778. The van der Waals surface area contributed by atoms with Crippen molar-refractivity contribution in [2.45, 2.75) is 91.3 Å². The molecule has 1 aliphatic heterocycles. The Balaban J connectivity index is 2.69. The quantitative estimate of drug-likeness (QED) is 0.797. The zero-order valence-corrected chi connectivity index (χ0v) is 14.9. The van der Waals surface area contributed by atoms with E-state index in [-0.39, 0.29) is 16.4 Å². The summed E-state index contributed by atoms with van der Waals surface area (Å²) in [5, 5.41) is 0. The molecule has 3 nitrogen and oxygen atoms in total. The minimum Gasteiger partial charge on any atom is -0.364 e. The first-order valence-electron chi connectivity index (χ1n) is 8.05. The summed E-state index contributed by atoms with van der Waals surface area (Å²) in [6, 6.07) is 0. The Morgan fingerprint density at radius 1 is 1.05 bits per heavy atom. The molecular formula is C18H30N2O. The first-order chi connectivity index (χ1) is 9.49. The first-order valence-corrected chi connectivity index (χ1v) is 8.05. The zero-order valence-electron chi connectivity index (χ0n) is 14.9. The molecule has 1 aromatic heterocycles. The molecule has 0 N–H and O–H groups in total. The highest BCUT2D eigenvalue weighted by Gasteiger charge is 2.41. The molecule has 2 heterocycles. The molecule has 1 aliphatic rings. The highest BCUT2D eigenvalue weighted by Crippen LogP contribution is 2.42. The summed E-state index contributed by atoms with van der Waals surface area (Å²) in [6.45, 7) is 18.2. The van der Waals surface area contributed by atoms with Crippen LogP contribution in [0.15, 0.2) is 0 Å². The van der Waals surface area contributed by atoms with E-state index in [0.717, 1.165) is 30.1 Å². The van der Waals surface area contributed by atoms with Gasteiger partial charge in [-0.05, 0) is 13.3 Å². The maximum atomic E-state index is 6.15. The van der Waals surface area contributed by atoms with Gasteiger partial charge in [0, 0.05) is 16.4 Å². The molecule has 3 heteroatoms. The predicted molar refractivity (Wildman–Crippen MR) is 86.5 cm³/mol. The summed E-state index contributed by atoms with van der Waals surface area (Å²) in [6.07, 6.45) is 2.10. The second kappa shape index (κ2) is 5.05. The van der Waals surface area contributed by atoms with E-state index in [2.05, 4.69) is 55.4 Å². The Morgan fingerprint density at radius 2 is 1.67 bits per heavy atom. The van der Waals surface area contributed by atoms with Crippen molar-refractivity contribution in [1.82, 2.24) is 9.97 Å². The lowest BCUT2D eigenvalue weighted by Crippen LogP contribution is -2.28. The van der Waals surface area contributed by atoms with Gasteiger partial charge in [0.05, 0.1) is 18.0 Å². The number of fused-ring (bicyclic) bond motifs is 1. The van der Waals surface area contributed by atoms with Crippen LogP contribution in [0.5, 0.6) is 0 Å². The number of nitrogens with zero attached hydrogens (tertiary/aromatic N) is 2. The van der Waals surface area contributed by atoms with Crippen molar-refractivity contribution in [1.29, 1.82) is 0 Å². The Bertz CT molecular complexity index is 537. The molecule has 21 heavy (non-hydrogen) atoms. The third-order valence-electron chi connectivity index (χ3n) is 4.15. The van der Waals surface area contributed by atoms with Crippen molar-refractivity contribution in [2.75, 3.05) is 0 Å². The summed E-state index contributed by atoms with van der Waals surface area (Å²) >= 11 is 0. The van der Waals surface area contributed by atoms with Crippen molar-refractivity contribution < 1.29 is 4.74 Å². The normalized spacial score (nSPS) is 22.5. The van der Waals surface area contributed by atoms with Crippen molar-refractivity contribution in [3.63, 3.8) is 0 Å². The number of rotatable bonds is 2. The van der Waals surface area contributed by atoms with Gasteiger partial charge in [-0.1, -0.05) is 54.9 Å². The summed E-state index contributed by atoms with van der Waals surface area (Å²) in [7, 11) is 0. The van der Waals surface area contributed by atoms with E-state index in [1.54, 1.807) is 0 Å². The maximum Gasteiger partial charge on any atom is 0.134 e. The van der Waals surface area contributed by atoms with Crippen LogP contribution in [0.3, 0.4) is 0 Å². The van der Waals surface area contributed by atoms with Crippen LogP contribution in [0.2, 0.25) is 0 Å². The number of hydrogen-bond acceptors (Lipinski definition) is 3. The SMILES string of the molecule is CCCC1(C)OCc2c(C(C)(C)C)nc(C(C)(C)C)nc21. The van der Waals surface area contributed by atoms with Crippen LogP contribution in [0.25, 0.3) is 0 Å². The molecule has 0 aliphatic carbocycles. The summed E-state index contributed by atoms with van der Waals surface area (Å²) in [5.41, 5.74) is 3.18. The van der Waals surface area contributed by atoms with E-state index in [1.807, 2.05) is 0 Å². The molecule has 1 aromatic rings. The van der Waals surface area contributed by atoms with Crippen LogP contribution in [-0.2, 0) is 27.8 Å². The molecule has 0 fully saturated rings. The fourth-order valence-electron chi connectivity index (χ4n) is 2.98. The van der Waals surface area contributed by atoms with Crippen LogP contribution < -0.4 is 0 Å². The van der Waals surface area contributed by atoms with Gasteiger partial charge in [0.25, 0.3) is 0 Å². The summed E-state index contributed by atoms with van der Waals surface area (Å²) < 4.78 is 6.15. The van der Waals surface area contributed by atoms with E-state index >= 15 is 0 Å². The van der Waals surface area contributed by atoms with E-state index in [4.69, 9.17) is 14.7 Å². The second-order valence-corrected chi connectivity index (χ2v) is 8.49. The molecule has 118 valence electrons. The minimum atomic E-state index is -0.257. The summed E-state index contributed by atoms with van der Waals surface area (Å²) in [4.78, 5) is 9.86. The minimum absolute atomic E-state index is 0.00779. The van der Waals surface area contributed by atoms with Gasteiger partial charge in [0.2, 0.25) is 0 Å². The van der Waals surface area contributed by atoms with Crippen LogP contribution in [0, 0.1) is 0 Å². The van der Waals surface area contributed by atoms with E-state index in [0.29, 0.717) is 6.61 Å². The van der Waals surface area contributed by atoms with E-state index in [9.17, 15) is 0 Å². The molecule has 0 radical (unpaired) electrons. The highest BCUT2D eigenvalue weighted by molar-refractivity contribution is 5.37. The van der Waals surface area contributed by atoms with Crippen molar-refractivity contribution in [3.8, 4) is 0 Å². The molecule has 0 amide bonds. The van der Waals surface area contributed by atoms with Gasteiger partial charge in [-0.25, -0.2) is 9.97 Å². The number of ether oxygens (including phenoxy) is 1. The van der Waals surface area contributed by atoms with Crippen LogP contribution in [0.1, 0.15) is 91.0 Å². The van der Waals surface area contributed by atoms with Gasteiger partial charge in [0.15, 0.2) is 0 Å². The molecule has 2 rings (SSSR count). The average Bonchev–Trinajstić information content (AvgIpc) is 2.64. The van der Waals surface area contributed by atoms with Gasteiger partial charge < -0.3 is 4.74 Å². The van der Waals surface area contributed by atoms with E-state index < -0.39 is 0 Å². The van der Waals surface area contributed by atoms with Crippen molar-refractivity contribution in [2.24, 2.45) is 0 Å². The molecule has 0 saturated carbocycles. The van der Waals surface area contributed by atoms with Gasteiger partial charge in [-0.2, -0.15) is 0 Å². The third-order valence-corrected chi connectivity index (χ3v) is 4.15. The van der Waals surface area contributed by atoms with Crippen LogP contribution in [-0.4, -0.2) is 9.97 Å². The Morgan fingerprint density at radius 3 is 2.14 bits per heavy atom. The molecule has 1 unspecified atom stereocenters. The fourth-order valence-corrected chi connectivity index (χ4v) is 2.98. The van der Waals surface area contributed by atoms with Crippen molar-refractivity contribution >= 4 is 0 Å². The largest absolute Gasteiger partial charge is 0.364 e. The molecule has 0 bridgehead atoms. The average molecular weight is 290 g/mol.